The van der Waals surface area contributed by atoms with E-state index >= 15 is 0 Å². The van der Waals surface area contributed by atoms with Gasteiger partial charge in [-0.15, -0.1) is 0 Å². The van der Waals surface area contributed by atoms with Gasteiger partial charge in [0.2, 0.25) is 0 Å². The molecule has 0 saturated heterocycles. The zero-order chi connectivity index (χ0) is 15.1. The Bertz CT molecular complexity index is 433. The first-order valence-corrected chi connectivity index (χ1v) is 7.87. The van der Waals surface area contributed by atoms with Gasteiger partial charge in [-0.2, -0.15) is 0 Å². The molecule has 3 nitrogen and oxygen atoms in total. The molecule has 1 aliphatic rings. The molecule has 0 unspecified atom stereocenters. The second-order valence-corrected chi connectivity index (χ2v) is 6.17. The number of rotatable bonds is 8. The van der Waals surface area contributed by atoms with Crippen molar-refractivity contribution in [3.8, 4) is 5.75 Å². The second-order valence-electron chi connectivity index (χ2n) is 6.17. The van der Waals surface area contributed by atoms with Crippen LogP contribution in [0.15, 0.2) is 36.9 Å². The van der Waals surface area contributed by atoms with Gasteiger partial charge >= 0.3 is 0 Å². The third-order valence-electron chi connectivity index (χ3n) is 4.56. The zero-order valence-corrected chi connectivity index (χ0v) is 13.4. The molecule has 1 aliphatic carbocycles. The minimum atomic E-state index is 0.354. The van der Waals surface area contributed by atoms with Gasteiger partial charge in [-0.25, -0.2) is 0 Å². The molecule has 3 heteroatoms. The minimum Gasteiger partial charge on any atom is -0.490 e. The van der Waals surface area contributed by atoms with Crippen LogP contribution >= 0.6 is 0 Å². The van der Waals surface area contributed by atoms with Crippen molar-refractivity contribution in [2.75, 3.05) is 27.2 Å². The van der Waals surface area contributed by atoms with Crippen molar-refractivity contribution in [2.45, 2.75) is 37.8 Å². The van der Waals surface area contributed by atoms with Crippen molar-refractivity contribution in [1.82, 2.24) is 10.2 Å². The Morgan fingerprint density at radius 1 is 1.24 bits per heavy atom. The van der Waals surface area contributed by atoms with Gasteiger partial charge in [0.15, 0.2) is 0 Å². The van der Waals surface area contributed by atoms with Gasteiger partial charge in [-0.05, 0) is 44.6 Å². The van der Waals surface area contributed by atoms with Gasteiger partial charge in [0.1, 0.15) is 12.4 Å². The number of hydrogen-bond donors (Lipinski definition) is 1. The molecule has 1 fully saturated rings. The first-order valence-electron chi connectivity index (χ1n) is 7.87. The third kappa shape index (κ3) is 4.32. The fraction of sp³-hybridized carbons (Fsp3) is 0.556. The van der Waals surface area contributed by atoms with Crippen LogP contribution in [0.3, 0.4) is 0 Å². The number of likely N-dealkylation sites (N-methyl/N-ethyl adjacent to an activating group) is 1. The van der Waals surface area contributed by atoms with E-state index in [0.717, 1.165) is 18.8 Å². The summed E-state index contributed by atoms with van der Waals surface area (Å²) >= 11 is 0. The second kappa shape index (κ2) is 7.62. The SMILES string of the molecule is C=CCOc1ccc(CNCC2(N(C)C)CCCC2)cc1. The molecule has 0 amide bonds. The van der Waals surface area contributed by atoms with Crippen LogP contribution in [-0.2, 0) is 6.54 Å². The molecule has 1 saturated carbocycles. The fourth-order valence-electron chi connectivity index (χ4n) is 3.11. The van der Waals surface area contributed by atoms with Crippen LogP contribution in [0.5, 0.6) is 5.75 Å². The first kappa shape index (κ1) is 16.1. The molecule has 0 aliphatic heterocycles. The van der Waals surface area contributed by atoms with Crippen LogP contribution in [0.25, 0.3) is 0 Å². The molecule has 1 aromatic rings. The summed E-state index contributed by atoms with van der Waals surface area (Å²) in [5.74, 6) is 0.902. The molecule has 1 N–H and O–H groups in total. The molecule has 0 spiro atoms. The van der Waals surface area contributed by atoms with Crippen molar-refractivity contribution >= 4 is 0 Å². The lowest BCUT2D eigenvalue weighted by molar-refractivity contribution is 0.153. The van der Waals surface area contributed by atoms with E-state index in [1.807, 2.05) is 12.1 Å². The van der Waals surface area contributed by atoms with Gasteiger partial charge in [-0.1, -0.05) is 37.6 Å². The highest BCUT2D eigenvalue weighted by Gasteiger charge is 2.35. The topological polar surface area (TPSA) is 24.5 Å². The zero-order valence-electron chi connectivity index (χ0n) is 13.4. The molecule has 1 aromatic carbocycles. The Balaban J connectivity index is 1.81. The van der Waals surface area contributed by atoms with Crippen molar-refractivity contribution in [1.29, 1.82) is 0 Å². The lowest BCUT2D eigenvalue weighted by Crippen LogP contribution is -2.49. The lowest BCUT2D eigenvalue weighted by atomic mass is 9.96. The van der Waals surface area contributed by atoms with Gasteiger partial charge in [0, 0.05) is 18.6 Å². The average Bonchev–Trinajstić information content (AvgIpc) is 2.97. The molecule has 0 radical (unpaired) electrons. The van der Waals surface area contributed by atoms with Crippen molar-refractivity contribution in [3.05, 3.63) is 42.5 Å². The fourth-order valence-corrected chi connectivity index (χ4v) is 3.11. The van der Waals surface area contributed by atoms with Gasteiger partial charge in [-0.3, -0.25) is 0 Å². The largest absolute Gasteiger partial charge is 0.490 e. The smallest absolute Gasteiger partial charge is 0.119 e. The predicted molar refractivity (Wildman–Crippen MR) is 88.7 cm³/mol. The van der Waals surface area contributed by atoms with Crippen LogP contribution < -0.4 is 10.1 Å². The van der Waals surface area contributed by atoms with E-state index in [1.165, 1.54) is 31.2 Å². The number of nitrogens with zero attached hydrogens (tertiary/aromatic N) is 1. The Kier molecular flexibility index (Phi) is 5.83. The van der Waals surface area contributed by atoms with Crippen LogP contribution in [-0.4, -0.2) is 37.7 Å². The number of hydrogen-bond acceptors (Lipinski definition) is 3. The Morgan fingerprint density at radius 2 is 1.90 bits per heavy atom. The summed E-state index contributed by atoms with van der Waals surface area (Å²) < 4.78 is 5.50. The summed E-state index contributed by atoms with van der Waals surface area (Å²) in [5, 5.41) is 3.63. The molecule has 2 rings (SSSR count). The maximum atomic E-state index is 5.50. The number of ether oxygens (including phenoxy) is 1. The van der Waals surface area contributed by atoms with E-state index in [9.17, 15) is 0 Å². The molecule has 21 heavy (non-hydrogen) atoms. The van der Waals surface area contributed by atoms with E-state index in [0.29, 0.717) is 12.1 Å². The summed E-state index contributed by atoms with van der Waals surface area (Å²) in [5.41, 5.74) is 1.65. The predicted octanol–water partition coefficient (Wildman–Crippen LogP) is 3.22. The minimum absolute atomic E-state index is 0.354. The van der Waals surface area contributed by atoms with Crippen LogP contribution in [0.4, 0.5) is 0 Å². The van der Waals surface area contributed by atoms with E-state index in [2.05, 4.69) is 43.0 Å². The van der Waals surface area contributed by atoms with Crippen LogP contribution in [0.2, 0.25) is 0 Å². The molecular formula is C18H28N2O. The monoisotopic (exact) mass is 288 g/mol. The van der Waals surface area contributed by atoms with Gasteiger partial charge < -0.3 is 15.0 Å². The molecule has 0 heterocycles. The highest BCUT2D eigenvalue weighted by atomic mass is 16.5. The van der Waals surface area contributed by atoms with E-state index in [-0.39, 0.29) is 0 Å². The highest BCUT2D eigenvalue weighted by Crippen LogP contribution is 2.33. The first-order chi connectivity index (χ1) is 10.2. The molecule has 0 aromatic heterocycles. The van der Waals surface area contributed by atoms with E-state index in [1.54, 1.807) is 6.08 Å². The average molecular weight is 288 g/mol. The molecule has 0 bridgehead atoms. The summed E-state index contributed by atoms with van der Waals surface area (Å²) in [6, 6.07) is 8.31. The highest BCUT2D eigenvalue weighted by molar-refractivity contribution is 5.27. The molecule has 0 atom stereocenters. The standard InChI is InChI=1S/C18H28N2O/c1-4-13-21-17-9-7-16(8-10-17)14-19-15-18(20(2)3)11-5-6-12-18/h4,7-10,19H,1,5-6,11-15H2,2-3H3. The number of nitrogens with one attached hydrogen (secondary N) is 1. The quantitative estimate of drug-likeness (QED) is 0.743. The van der Waals surface area contributed by atoms with Crippen molar-refractivity contribution < 1.29 is 4.74 Å². The maximum Gasteiger partial charge on any atom is 0.119 e. The van der Waals surface area contributed by atoms with Crippen molar-refractivity contribution in [3.63, 3.8) is 0 Å². The lowest BCUT2D eigenvalue weighted by Gasteiger charge is -2.36. The van der Waals surface area contributed by atoms with Gasteiger partial charge in [0.05, 0.1) is 0 Å². The third-order valence-corrected chi connectivity index (χ3v) is 4.56. The molecule has 116 valence electrons. The van der Waals surface area contributed by atoms with Crippen molar-refractivity contribution in [2.24, 2.45) is 0 Å². The van der Waals surface area contributed by atoms with Crippen LogP contribution in [0.1, 0.15) is 31.2 Å². The summed E-state index contributed by atoms with van der Waals surface area (Å²) in [4.78, 5) is 2.40. The van der Waals surface area contributed by atoms with Crippen LogP contribution in [0, 0.1) is 0 Å². The maximum absolute atomic E-state index is 5.50. The van der Waals surface area contributed by atoms with E-state index in [4.69, 9.17) is 4.74 Å². The molecular weight excluding hydrogens is 260 g/mol. The summed E-state index contributed by atoms with van der Waals surface area (Å²) in [6.45, 7) is 6.19. The normalized spacial score (nSPS) is 17.1. The Labute approximate surface area is 129 Å². The Hall–Kier alpha value is -1.32. The number of benzene rings is 1. The summed E-state index contributed by atoms with van der Waals surface area (Å²) in [6.07, 6.45) is 7.09. The Morgan fingerprint density at radius 3 is 2.48 bits per heavy atom. The summed E-state index contributed by atoms with van der Waals surface area (Å²) in [7, 11) is 4.41. The van der Waals surface area contributed by atoms with E-state index < -0.39 is 0 Å². The van der Waals surface area contributed by atoms with Gasteiger partial charge in [0.25, 0.3) is 0 Å².